The number of carbonyl (C=O) groups excluding carboxylic acids is 1. The minimum absolute atomic E-state index is 0. The Bertz CT molecular complexity index is 269. The van der Waals surface area contributed by atoms with Gasteiger partial charge in [-0.25, -0.2) is 4.79 Å². The van der Waals surface area contributed by atoms with Gasteiger partial charge >= 0.3 is 45.0 Å². The standard InChI is InChI=1S/C6H10O5S.Na.H/c1-3-5-11-12(8,9)6(7)10-4-2;;/h3,5H,4H2,1-2H3;;. The molecule has 0 aromatic heterocycles. The molecular formula is C6H11NaO5S. The molecule has 13 heavy (non-hydrogen) atoms. The van der Waals surface area contributed by atoms with E-state index in [1.54, 1.807) is 6.92 Å². The SMILES string of the molecule is CC=COS(=O)(=O)C(=O)OCC.[NaH]. The van der Waals surface area contributed by atoms with Crippen molar-refractivity contribution in [2.75, 3.05) is 6.61 Å². The van der Waals surface area contributed by atoms with Gasteiger partial charge in [-0.3, -0.25) is 0 Å². The third-order valence-electron chi connectivity index (χ3n) is 0.785. The molecule has 0 fully saturated rings. The molecule has 0 heterocycles. The monoisotopic (exact) mass is 218 g/mol. The molecule has 5 nitrogen and oxygen atoms in total. The minimum atomic E-state index is -4.23. The van der Waals surface area contributed by atoms with Crippen LogP contribution in [-0.4, -0.2) is 49.9 Å². The fourth-order valence-corrected chi connectivity index (χ4v) is 0.956. The van der Waals surface area contributed by atoms with E-state index in [1.807, 2.05) is 0 Å². The van der Waals surface area contributed by atoms with E-state index >= 15 is 0 Å². The van der Waals surface area contributed by atoms with Gasteiger partial charge in [-0.05, 0) is 13.8 Å². The van der Waals surface area contributed by atoms with E-state index in [-0.39, 0.29) is 36.2 Å². The van der Waals surface area contributed by atoms with Gasteiger partial charge in [-0.1, -0.05) is 6.08 Å². The van der Waals surface area contributed by atoms with Gasteiger partial charge in [0.15, 0.2) is 0 Å². The summed E-state index contributed by atoms with van der Waals surface area (Å²) in [7, 11) is -4.23. The van der Waals surface area contributed by atoms with Crippen molar-refractivity contribution >= 4 is 45.0 Å². The Hall–Kier alpha value is -0.0400. The average Bonchev–Trinajstić information content (AvgIpc) is 2.01. The number of allylic oxidation sites excluding steroid dienone is 1. The van der Waals surface area contributed by atoms with Gasteiger partial charge in [0.2, 0.25) is 0 Å². The van der Waals surface area contributed by atoms with Crippen LogP contribution < -0.4 is 0 Å². The maximum atomic E-state index is 10.7. The Labute approximate surface area is 99.5 Å². The van der Waals surface area contributed by atoms with E-state index in [0.29, 0.717) is 0 Å². The molecule has 0 amide bonds. The predicted octanol–water partition coefficient (Wildman–Crippen LogP) is 0.374. The van der Waals surface area contributed by atoms with Gasteiger partial charge < -0.3 is 8.92 Å². The zero-order valence-corrected chi connectivity index (χ0v) is 7.63. The molecule has 7 heteroatoms. The number of ether oxygens (including phenoxy) is 1. The molecule has 0 spiro atoms. The third-order valence-corrected chi connectivity index (χ3v) is 1.68. The van der Waals surface area contributed by atoms with Crippen molar-refractivity contribution in [1.29, 1.82) is 0 Å². The summed E-state index contributed by atoms with van der Waals surface area (Å²) in [6, 6.07) is 0. The molecular weight excluding hydrogens is 207 g/mol. The Morgan fingerprint density at radius 3 is 2.38 bits per heavy atom. The quantitative estimate of drug-likeness (QED) is 0.296. The molecule has 72 valence electrons. The number of hydrogen-bond donors (Lipinski definition) is 0. The van der Waals surface area contributed by atoms with Gasteiger partial charge in [0, 0.05) is 0 Å². The maximum absolute atomic E-state index is 10.7. The number of rotatable bonds is 3. The first-order chi connectivity index (χ1) is 5.54. The molecule has 0 aliphatic carbocycles. The molecule has 0 aromatic rings. The summed E-state index contributed by atoms with van der Waals surface area (Å²) in [5.41, 5.74) is 0. The summed E-state index contributed by atoms with van der Waals surface area (Å²) in [5.74, 6) is 0. The molecule has 0 saturated heterocycles. The van der Waals surface area contributed by atoms with Crippen LogP contribution in [0.4, 0.5) is 4.79 Å². The van der Waals surface area contributed by atoms with Crippen LogP contribution in [0, 0.1) is 0 Å². The second-order valence-electron chi connectivity index (χ2n) is 1.70. The normalized spacial score (nSPS) is 10.6. The van der Waals surface area contributed by atoms with Gasteiger partial charge in [0.25, 0.3) is 0 Å². The summed E-state index contributed by atoms with van der Waals surface area (Å²) in [5, 5.41) is -1.37. The van der Waals surface area contributed by atoms with Crippen molar-refractivity contribution in [3.8, 4) is 0 Å². The van der Waals surface area contributed by atoms with Crippen LogP contribution in [0.25, 0.3) is 0 Å². The summed E-state index contributed by atoms with van der Waals surface area (Å²) >= 11 is 0. The second-order valence-corrected chi connectivity index (χ2v) is 3.14. The van der Waals surface area contributed by atoms with Gasteiger partial charge in [-0.15, -0.1) is 0 Å². The van der Waals surface area contributed by atoms with Gasteiger partial charge in [0.05, 0.1) is 6.61 Å². The Morgan fingerprint density at radius 2 is 2.00 bits per heavy atom. The Morgan fingerprint density at radius 1 is 1.46 bits per heavy atom. The van der Waals surface area contributed by atoms with E-state index in [0.717, 1.165) is 6.26 Å². The number of hydrogen-bond acceptors (Lipinski definition) is 5. The molecule has 0 aliphatic heterocycles. The Kier molecular flexibility index (Phi) is 8.75. The topological polar surface area (TPSA) is 69.7 Å². The Balaban J connectivity index is 0. The molecule has 0 N–H and O–H groups in total. The van der Waals surface area contributed by atoms with E-state index in [4.69, 9.17) is 0 Å². The van der Waals surface area contributed by atoms with Crippen LogP contribution >= 0.6 is 0 Å². The zero-order valence-electron chi connectivity index (χ0n) is 6.81. The van der Waals surface area contributed by atoms with Crippen molar-refractivity contribution in [3.05, 3.63) is 12.3 Å². The van der Waals surface area contributed by atoms with Gasteiger partial charge in [-0.2, -0.15) is 8.42 Å². The van der Waals surface area contributed by atoms with Crippen LogP contribution in [0.3, 0.4) is 0 Å². The van der Waals surface area contributed by atoms with Crippen molar-refractivity contribution < 1.29 is 22.1 Å². The summed E-state index contributed by atoms with van der Waals surface area (Å²) in [4.78, 5) is 10.6. The van der Waals surface area contributed by atoms with Crippen molar-refractivity contribution in [3.63, 3.8) is 0 Å². The first-order valence-corrected chi connectivity index (χ1v) is 4.66. The van der Waals surface area contributed by atoms with E-state index in [1.165, 1.54) is 13.0 Å². The number of carbonyl (C=O) groups is 1. The molecule has 0 aliphatic rings. The average molecular weight is 218 g/mol. The van der Waals surface area contributed by atoms with Crippen LogP contribution in [0.1, 0.15) is 13.8 Å². The van der Waals surface area contributed by atoms with Crippen LogP contribution in [0.5, 0.6) is 0 Å². The van der Waals surface area contributed by atoms with E-state index < -0.39 is 15.4 Å². The molecule has 0 saturated carbocycles. The molecule has 0 rings (SSSR count). The molecule has 0 radical (unpaired) electrons. The molecule has 0 bridgehead atoms. The van der Waals surface area contributed by atoms with Crippen LogP contribution in [0.2, 0.25) is 0 Å². The molecule has 0 aromatic carbocycles. The van der Waals surface area contributed by atoms with Crippen molar-refractivity contribution in [2.45, 2.75) is 13.8 Å². The fraction of sp³-hybridized carbons (Fsp3) is 0.500. The van der Waals surface area contributed by atoms with E-state index in [2.05, 4.69) is 8.92 Å². The third kappa shape index (κ3) is 6.09. The fourth-order valence-electron chi connectivity index (χ4n) is 0.358. The van der Waals surface area contributed by atoms with Crippen LogP contribution in [-0.2, 0) is 19.0 Å². The second kappa shape index (κ2) is 7.37. The van der Waals surface area contributed by atoms with Gasteiger partial charge in [0.1, 0.15) is 6.26 Å². The summed E-state index contributed by atoms with van der Waals surface area (Å²) in [6.45, 7) is 3.06. The molecule has 0 unspecified atom stereocenters. The zero-order chi connectivity index (χ0) is 9.61. The van der Waals surface area contributed by atoms with Crippen molar-refractivity contribution in [1.82, 2.24) is 0 Å². The molecule has 0 atom stereocenters. The summed E-state index contributed by atoms with van der Waals surface area (Å²) < 4.78 is 29.8. The first kappa shape index (κ1) is 15.4. The van der Waals surface area contributed by atoms with Crippen LogP contribution in [0.15, 0.2) is 12.3 Å². The predicted molar refractivity (Wildman–Crippen MR) is 49.0 cm³/mol. The van der Waals surface area contributed by atoms with E-state index in [9.17, 15) is 13.2 Å². The van der Waals surface area contributed by atoms with Crippen molar-refractivity contribution in [2.24, 2.45) is 0 Å². The first-order valence-electron chi connectivity index (χ1n) is 3.25. The summed E-state index contributed by atoms with van der Waals surface area (Å²) in [6.07, 6.45) is 2.24.